The van der Waals surface area contributed by atoms with Gasteiger partial charge in [0.1, 0.15) is 5.75 Å². The van der Waals surface area contributed by atoms with Crippen molar-refractivity contribution in [3.63, 3.8) is 0 Å². The van der Waals surface area contributed by atoms with Crippen LogP contribution in [0.25, 0.3) is 10.9 Å². The van der Waals surface area contributed by atoms with Crippen LogP contribution in [-0.2, 0) is 11.3 Å². The van der Waals surface area contributed by atoms with Crippen molar-refractivity contribution in [2.45, 2.75) is 13.0 Å². The number of carbonyl (C=O) groups excluding carboxylic acids is 1. The van der Waals surface area contributed by atoms with Crippen LogP contribution in [0, 0.1) is 0 Å². The molecule has 0 fully saturated rings. The van der Waals surface area contributed by atoms with E-state index in [1.54, 1.807) is 11.9 Å². The van der Waals surface area contributed by atoms with Crippen molar-refractivity contribution in [3.05, 3.63) is 66.4 Å². The number of nitrogens with zero attached hydrogens (tertiary/aromatic N) is 3. The van der Waals surface area contributed by atoms with Gasteiger partial charge in [0.15, 0.2) is 12.6 Å². The second-order valence-electron chi connectivity index (χ2n) is 7.00. The van der Waals surface area contributed by atoms with E-state index < -0.39 is 0 Å². The molecule has 0 saturated carbocycles. The summed E-state index contributed by atoms with van der Waals surface area (Å²) in [6, 6.07) is 17.8. The Morgan fingerprint density at radius 3 is 2.81 bits per heavy atom. The lowest BCUT2D eigenvalue weighted by molar-refractivity contribution is -0.121. The van der Waals surface area contributed by atoms with Gasteiger partial charge in [0, 0.05) is 38.3 Å². The summed E-state index contributed by atoms with van der Waals surface area (Å²) in [5, 5.41) is 7.80. The lowest BCUT2D eigenvalue weighted by Crippen LogP contribution is -2.42. The summed E-state index contributed by atoms with van der Waals surface area (Å²) in [6.07, 6.45) is 2.62. The minimum atomic E-state index is -0.0132. The van der Waals surface area contributed by atoms with Crippen LogP contribution >= 0.6 is 24.0 Å². The Kier molecular flexibility index (Phi) is 8.05. The molecule has 1 aromatic heterocycles. The van der Waals surface area contributed by atoms with E-state index in [0.717, 1.165) is 34.7 Å². The van der Waals surface area contributed by atoms with Gasteiger partial charge in [-0.15, -0.1) is 24.0 Å². The number of benzene rings is 2. The molecule has 1 amide bonds. The normalized spacial score (nSPS) is 13.3. The summed E-state index contributed by atoms with van der Waals surface area (Å²) in [7, 11) is 1.75. The number of para-hydroxylation sites is 3. The van der Waals surface area contributed by atoms with Crippen LogP contribution in [-0.4, -0.2) is 43.6 Å². The molecule has 0 atom stereocenters. The van der Waals surface area contributed by atoms with Gasteiger partial charge in [-0.2, -0.15) is 0 Å². The average Bonchev–Trinajstić information content (AvgIpc) is 2.79. The highest BCUT2D eigenvalue weighted by molar-refractivity contribution is 14.0. The molecular weight excluding hydrogens is 505 g/mol. The van der Waals surface area contributed by atoms with E-state index in [2.05, 4.69) is 26.7 Å². The van der Waals surface area contributed by atoms with Crippen molar-refractivity contribution >= 4 is 52.4 Å². The standard InChI is InChI=1S/C23H25N5O2.HI/c1-24-23(27-15-17-11-13-25-19-8-3-2-7-18(17)19)26-12-6-14-28-20-9-4-5-10-21(20)30-16-22(28)29;/h2-5,7-11,13H,6,12,14-16H2,1H3,(H2,24,26,27);1H. The number of aliphatic imine (C=N–C) groups is 1. The molecule has 0 spiro atoms. The van der Waals surface area contributed by atoms with Crippen LogP contribution in [0.2, 0.25) is 0 Å². The maximum atomic E-state index is 12.2. The summed E-state index contributed by atoms with van der Waals surface area (Å²) in [5.74, 6) is 1.47. The molecule has 0 radical (unpaired) electrons. The molecule has 31 heavy (non-hydrogen) atoms. The van der Waals surface area contributed by atoms with E-state index in [-0.39, 0.29) is 36.5 Å². The maximum absolute atomic E-state index is 12.2. The van der Waals surface area contributed by atoms with Gasteiger partial charge in [0.05, 0.1) is 11.2 Å². The Morgan fingerprint density at radius 1 is 1.13 bits per heavy atom. The van der Waals surface area contributed by atoms with E-state index in [1.165, 1.54) is 5.56 Å². The number of carbonyl (C=O) groups is 1. The Bertz CT molecular complexity index is 1070. The second kappa shape index (κ2) is 10.9. The van der Waals surface area contributed by atoms with Crippen LogP contribution < -0.4 is 20.3 Å². The Morgan fingerprint density at radius 2 is 1.94 bits per heavy atom. The first-order valence-electron chi connectivity index (χ1n) is 10.1. The number of ether oxygens (including phenoxy) is 1. The zero-order chi connectivity index (χ0) is 20.8. The van der Waals surface area contributed by atoms with Crippen molar-refractivity contribution in [3.8, 4) is 5.75 Å². The number of guanidine groups is 1. The number of aromatic nitrogens is 1. The average molecular weight is 531 g/mol. The molecule has 1 aliphatic heterocycles. The third-order valence-electron chi connectivity index (χ3n) is 5.07. The predicted octanol–water partition coefficient (Wildman–Crippen LogP) is 3.33. The fraction of sp³-hybridized carbons (Fsp3) is 0.261. The van der Waals surface area contributed by atoms with Crippen LogP contribution in [0.15, 0.2) is 65.8 Å². The number of nitrogens with one attached hydrogen (secondary N) is 2. The van der Waals surface area contributed by atoms with Gasteiger partial charge in [0.2, 0.25) is 0 Å². The number of hydrogen-bond acceptors (Lipinski definition) is 4. The Balaban J connectivity index is 0.00000272. The van der Waals surface area contributed by atoms with E-state index in [9.17, 15) is 4.79 Å². The highest BCUT2D eigenvalue weighted by atomic mass is 127. The first-order chi connectivity index (χ1) is 14.8. The van der Waals surface area contributed by atoms with Crippen LogP contribution in [0.5, 0.6) is 5.75 Å². The number of pyridine rings is 1. The monoisotopic (exact) mass is 531 g/mol. The molecule has 4 rings (SSSR count). The highest BCUT2D eigenvalue weighted by Crippen LogP contribution is 2.31. The predicted molar refractivity (Wildman–Crippen MR) is 134 cm³/mol. The van der Waals surface area contributed by atoms with Crippen LogP contribution in [0.1, 0.15) is 12.0 Å². The van der Waals surface area contributed by atoms with E-state index in [1.807, 2.05) is 54.7 Å². The lowest BCUT2D eigenvalue weighted by Gasteiger charge is -2.29. The maximum Gasteiger partial charge on any atom is 0.265 e. The molecule has 0 aliphatic carbocycles. The van der Waals surface area contributed by atoms with Crippen LogP contribution in [0.3, 0.4) is 0 Å². The molecule has 1 aliphatic rings. The van der Waals surface area contributed by atoms with Crippen molar-refractivity contribution in [2.75, 3.05) is 31.6 Å². The molecule has 7 nitrogen and oxygen atoms in total. The van der Waals surface area contributed by atoms with Crippen molar-refractivity contribution in [1.82, 2.24) is 15.6 Å². The van der Waals surface area contributed by atoms with Crippen molar-refractivity contribution < 1.29 is 9.53 Å². The molecule has 2 aromatic carbocycles. The second-order valence-corrected chi connectivity index (χ2v) is 7.00. The van der Waals surface area contributed by atoms with Gasteiger partial charge < -0.3 is 20.3 Å². The molecule has 2 N–H and O–H groups in total. The largest absolute Gasteiger partial charge is 0.482 e. The topological polar surface area (TPSA) is 78.9 Å². The number of hydrogen-bond donors (Lipinski definition) is 2. The number of rotatable bonds is 6. The minimum absolute atomic E-state index is 0. The number of fused-ring (bicyclic) bond motifs is 2. The SMILES string of the molecule is CN=C(NCCCN1C(=O)COc2ccccc21)NCc1ccnc2ccccc12.I. The third kappa shape index (κ3) is 5.43. The molecule has 2 heterocycles. The quantitative estimate of drug-likeness (QED) is 0.221. The molecule has 8 heteroatoms. The summed E-state index contributed by atoms with van der Waals surface area (Å²) < 4.78 is 5.49. The number of anilines is 1. The summed E-state index contributed by atoms with van der Waals surface area (Å²) in [6.45, 7) is 2.06. The molecule has 0 saturated heterocycles. The first kappa shape index (κ1) is 22.8. The van der Waals surface area contributed by atoms with Crippen molar-refractivity contribution in [1.29, 1.82) is 0 Å². The Hall–Kier alpha value is -2.88. The third-order valence-corrected chi connectivity index (χ3v) is 5.07. The summed E-state index contributed by atoms with van der Waals surface area (Å²) in [5.41, 5.74) is 2.98. The van der Waals surface area contributed by atoms with Crippen LogP contribution in [0.4, 0.5) is 5.69 Å². The lowest BCUT2D eigenvalue weighted by atomic mass is 10.1. The van der Waals surface area contributed by atoms with Gasteiger partial charge in [-0.1, -0.05) is 30.3 Å². The zero-order valence-electron chi connectivity index (χ0n) is 17.4. The van der Waals surface area contributed by atoms with Gasteiger partial charge >= 0.3 is 0 Å². The van der Waals surface area contributed by atoms with Gasteiger partial charge in [0.25, 0.3) is 5.91 Å². The van der Waals surface area contributed by atoms with Gasteiger partial charge in [-0.25, -0.2) is 0 Å². The molecular formula is C23H26IN5O2. The molecule has 162 valence electrons. The van der Waals surface area contributed by atoms with Gasteiger partial charge in [-0.05, 0) is 36.2 Å². The summed E-state index contributed by atoms with van der Waals surface area (Å²) >= 11 is 0. The summed E-state index contributed by atoms with van der Waals surface area (Å²) in [4.78, 5) is 22.7. The molecule has 3 aromatic rings. The smallest absolute Gasteiger partial charge is 0.265 e. The molecule has 0 bridgehead atoms. The van der Waals surface area contributed by atoms with E-state index >= 15 is 0 Å². The Labute approximate surface area is 198 Å². The number of amides is 1. The number of halogens is 1. The van der Waals surface area contributed by atoms with Gasteiger partial charge in [-0.3, -0.25) is 14.8 Å². The molecule has 0 unspecified atom stereocenters. The fourth-order valence-corrected chi connectivity index (χ4v) is 3.55. The zero-order valence-corrected chi connectivity index (χ0v) is 19.7. The van der Waals surface area contributed by atoms with E-state index in [0.29, 0.717) is 19.6 Å². The fourth-order valence-electron chi connectivity index (χ4n) is 3.55. The minimum Gasteiger partial charge on any atom is -0.482 e. The van der Waals surface area contributed by atoms with Crippen molar-refractivity contribution in [2.24, 2.45) is 4.99 Å². The van der Waals surface area contributed by atoms with E-state index in [4.69, 9.17) is 4.74 Å². The highest BCUT2D eigenvalue weighted by Gasteiger charge is 2.24. The first-order valence-corrected chi connectivity index (χ1v) is 10.1.